The van der Waals surface area contributed by atoms with Gasteiger partial charge in [0.1, 0.15) is 0 Å². The van der Waals surface area contributed by atoms with Gasteiger partial charge in [-0.25, -0.2) is 4.57 Å². The predicted molar refractivity (Wildman–Crippen MR) is 94.9 cm³/mol. The van der Waals surface area contributed by atoms with Crippen molar-refractivity contribution in [1.82, 2.24) is 0 Å². The Morgan fingerprint density at radius 3 is 1.17 bits per heavy atom. The lowest BCUT2D eigenvalue weighted by Gasteiger charge is -2.31. The normalized spacial score (nSPS) is 12.1. The molecule has 0 saturated heterocycles. The lowest BCUT2D eigenvalue weighted by atomic mass is 10.3. The first-order valence-electron chi connectivity index (χ1n) is 7.39. The SMILES string of the molecule is O=P(F)(F)O[Si](c1ccccc1)(c1ccccc1)c1ccccc1. The molecule has 0 radical (unpaired) electrons. The van der Waals surface area contributed by atoms with Crippen LogP contribution in [0.2, 0.25) is 0 Å². The van der Waals surface area contributed by atoms with E-state index in [1.165, 1.54) is 0 Å². The van der Waals surface area contributed by atoms with Crippen molar-refractivity contribution in [3.05, 3.63) is 91.0 Å². The zero-order valence-corrected chi connectivity index (χ0v) is 14.6. The van der Waals surface area contributed by atoms with Gasteiger partial charge >= 0.3 is 16.3 Å². The second-order valence-corrected chi connectivity index (χ2v) is 9.94. The lowest BCUT2D eigenvalue weighted by molar-refractivity contribution is 0.387. The highest BCUT2D eigenvalue weighted by Gasteiger charge is 2.48. The Balaban J connectivity index is 2.35. The number of hydrogen-bond acceptors (Lipinski definition) is 2. The van der Waals surface area contributed by atoms with E-state index in [1.54, 1.807) is 72.8 Å². The van der Waals surface area contributed by atoms with Crippen molar-refractivity contribution in [3.63, 3.8) is 0 Å². The minimum Gasteiger partial charge on any atom is -0.309 e. The molecule has 0 unspecified atom stereocenters. The zero-order chi connectivity index (χ0) is 17.0. The molecule has 6 heteroatoms. The van der Waals surface area contributed by atoms with Gasteiger partial charge in [0.05, 0.1) is 0 Å². The van der Waals surface area contributed by atoms with Crippen molar-refractivity contribution < 1.29 is 17.2 Å². The molecule has 3 aromatic carbocycles. The van der Waals surface area contributed by atoms with Crippen molar-refractivity contribution >= 4 is 31.9 Å². The van der Waals surface area contributed by atoms with Crippen LogP contribution in [0, 0.1) is 0 Å². The van der Waals surface area contributed by atoms with E-state index in [0.29, 0.717) is 15.6 Å². The first-order valence-corrected chi connectivity index (χ1v) is 10.7. The topological polar surface area (TPSA) is 26.3 Å². The van der Waals surface area contributed by atoms with E-state index in [1.807, 2.05) is 18.2 Å². The summed E-state index contributed by atoms with van der Waals surface area (Å²) >= 11 is 0. The summed E-state index contributed by atoms with van der Waals surface area (Å²) in [5, 5.41) is 1.87. The third-order valence-electron chi connectivity index (χ3n) is 3.78. The number of benzene rings is 3. The highest BCUT2D eigenvalue weighted by Crippen LogP contribution is 2.52. The van der Waals surface area contributed by atoms with Crippen LogP contribution in [-0.4, -0.2) is 8.32 Å². The highest BCUT2D eigenvalue weighted by atomic mass is 31.2. The van der Waals surface area contributed by atoms with Gasteiger partial charge in [-0.2, -0.15) is 0 Å². The predicted octanol–water partition coefficient (Wildman–Crippen LogP) is 3.72. The highest BCUT2D eigenvalue weighted by molar-refractivity contribution is 7.50. The summed E-state index contributed by atoms with van der Waals surface area (Å²) in [7, 11) is -9.29. The smallest absolute Gasteiger partial charge is 0.309 e. The Morgan fingerprint density at radius 2 is 0.917 bits per heavy atom. The molecule has 3 aromatic rings. The van der Waals surface area contributed by atoms with Crippen LogP contribution in [0.25, 0.3) is 0 Å². The first-order chi connectivity index (χ1) is 11.5. The Morgan fingerprint density at radius 1 is 0.625 bits per heavy atom. The van der Waals surface area contributed by atoms with Crippen LogP contribution in [0.5, 0.6) is 0 Å². The van der Waals surface area contributed by atoms with Gasteiger partial charge in [-0.15, -0.1) is 8.39 Å². The number of hydrogen-bond donors (Lipinski definition) is 0. The van der Waals surface area contributed by atoms with Crippen LogP contribution in [0.1, 0.15) is 0 Å². The summed E-state index contributed by atoms with van der Waals surface area (Å²) in [4.78, 5) is 0. The molecule has 0 spiro atoms. The number of rotatable bonds is 5. The molecule has 0 aliphatic heterocycles. The molecule has 0 atom stereocenters. The van der Waals surface area contributed by atoms with E-state index in [2.05, 4.69) is 0 Å². The van der Waals surface area contributed by atoms with Gasteiger partial charge in [-0.1, -0.05) is 91.0 Å². The van der Waals surface area contributed by atoms with Crippen molar-refractivity contribution in [1.29, 1.82) is 0 Å². The standard InChI is InChI=1S/C18H15F2O2PSi/c19-23(20,21)22-24(16-10-4-1-5-11-16,17-12-6-2-7-13-17)18-14-8-3-9-15-18/h1-15H. The van der Waals surface area contributed by atoms with Gasteiger partial charge in [0.15, 0.2) is 0 Å². The van der Waals surface area contributed by atoms with Gasteiger partial charge in [-0.05, 0) is 15.6 Å². The van der Waals surface area contributed by atoms with Crippen molar-refractivity contribution in [3.8, 4) is 0 Å². The second kappa shape index (κ2) is 6.81. The van der Waals surface area contributed by atoms with Crippen LogP contribution in [-0.2, 0) is 8.78 Å². The summed E-state index contributed by atoms with van der Waals surface area (Å²) in [5.74, 6) is 0. The zero-order valence-electron chi connectivity index (χ0n) is 12.7. The minimum absolute atomic E-state index is 0.623. The van der Waals surface area contributed by atoms with E-state index in [4.69, 9.17) is 4.21 Å². The number of halogens is 2. The molecule has 0 fully saturated rings. The van der Waals surface area contributed by atoms with Crippen LogP contribution in [0.3, 0.4) is 0 Å². The fourth-order valence-corrected chi connectivity index (χ4v) is 8.36. The summed E-state index contributed by atoms with van der Waals surface area (Å²) in [6.45, 7) is 0. The summed E-state index contributed by atoms with van der Waals surface area (Å²) in [6.07, 6.45) is 0. The minimum atomic E-state index is -5.72. The molecule has 0 aliphatic carbocycles. The molecule has 24 heavy (non-hydrogen) atoms. The maximum Gasteiger partial charge on any atom is 0.542 e. The average Bonchev–Trinajstić information content (AvgIpc) is 2.61. The molecule has 3 rings (SSSR count). The first kappa shape index (κ1) is 16.8. The largest absolute Gasteiger partial charge is 0.542 e. The summed E-state index contributed by atoms with van der Waals surface area (Å²) in [6, 6.07) is 26.6. The Bertz CT molecular complexity index is 742. The maximum absolute atomic E-state index is 13.6. The molecule has 0 aromatic heterocycles. The van der Waals surface area contributed by atoms with Crippen LogP contribution >= 0.6 is 7.99 Å². The molecule has 0 heterocycles. The van der Waals surface area contributed by atoms with E-state index in [9.17, 15) is 13.0 Å². The fourth-order valence-electron chi connectivity index (χ4n) is 2.84. The molecule has 0 saturated carbocycles. The van der Waals surface area contributed by atoms with Crippen LogP contribution in [0.4, 0.5) is 8.39 Å². The molecular formula is C18H15F2O2PSi. The second-order valence-electron chi connectivity index (χ2n) is 5.28. The summed E-state index contributed by atoms with van der Waals surface area (Å²) in [5.41, 5.74) is 0. The Hall–Kier alpha value is -2.07. The van der Waals surface area contributed by atoms with E-state index in [0.717, 1.165) is 0 Å². The molecule has 2 nitrogen and oxygen atoms in total. The summed E-state index contributed by atoms with van der Waals surface area (Å²) < 4.78 is 43.9. The third kappa shape index (κ3) is 3.38. The Labute approximate surface area is 140 Å². The molecule has 0 bridgehead atoms. The van der Waals surface area contributed by atoms with E-state index in [-0.39, 0.29) is 0 Å². The van der Waals surface area contributed by atoms with Crippen LogP contribution < -0.4 is 15.6 Å². The lowest BCUT2D eigenvalue weighted by Crippen LogP contribution is -2.68. The van der Waals surface area contributed by atoms with Crippen molar-refractivity contribution in [2.75, 3.05) is 0 Å². The fraction of sp³-hybridized carbons (Fsp3) is 0. The molecular weight excluding hydrogens is 345 g/mol. The van der Waals surface area contributed by atoms with E-state index >= 15 is 0 Å². The van der Waals surface area contributed by atoms with Crippen molar-refractivity contribution in [2.24, 2.45) is 0 Å². The molecule has 0 amide bonds. The van der Waals surface area contributed by atoms with E-state index < -0.39 is 16.3 Å². The quantitative estimate of drug-likeness (QED) is 0.394. The van der Waals surface area contributed by atoms with Crippen LogP contribution in [0.15, 0.2) is 91.0 Å². The maximum atomic E-state index is 13.6. The van der Waals surface area contributed by atoms with Gasteiger partial charge in [-0.3, -0.25) is 0 Å². The van der Waals surface area contributed by atoms with Gasteiger partial charge < -0.3 is 4.21 Å². The molecule has 0 N–H and O–H groups in total. The van der Waals surface area contributed by atoms with Crippen molar-refractivity contribution in [2.45, 2.75) is 0 Å². The van der Waals surface area contributed by atoms with Gasteiger partial charge in [0, 0.05) is 0 Å². The Kier molecular flexibility index (Phi) is 4.76. The van der Waals surface area contributed by atoms with Gasteiger partial charge in [0.2, 0.25) is 0 Å². The average molecular weight is 360 g/mol. The molecule has 122 valence electrons. The monoisotopic (exact) mass is 360 g/mol. The molecule has 0 aliphatic rings. The third-order valence-corrected chi connectivity index (χ3v) is 9.17. The van der Waals surface area contributed by atoms with Gasteiger partial charge in [0.25, 0.3) is 0 Å².